The molecule has 3 heterocycles. The average Bonchev–Trinajstić information content (AvgIpc) is 3.16. The van der Waals surface area contributed by atoms with Crippen molar-refractivity contribution in [2.75, 3.05) is 34.0 Å². The minimum absolute atomic E-state index is 0.104. The molecule has 3 atom stereocenters. The zero-order valence-corrected chi connectivity index (χ0v) is 20.0. The van der Waals surface area contributed by atoms with E-state index in [9.17, 15) is 4.79 Å². The topological polar surface area (TPSA) is 128 Å². The van der Waals surface area contributed by atoms with E-state index in [0.29, 0.717) is 11.6 Å². The number of aromatic nitrogens is 1. The van der Waals surface area contributed by atoms with Gasteiger partial charge in [-0.2, -0.15) is 0 Å². The molecule has 6 N–H and O–H groups in total. The monoisotopic (exact) mass is 453 g/mol. The number of nitrogens with one attached hydrogen (secondary N) is 2. The lowest BCUT2D eigenvalue weighted by Gasteiger charge is -2.44. The Hall–Kier alpha value is -3.53. The van der Waals surface area contributed by atoms with Crippen LogP contribution in [0.1, 0.15) is 34.6 Å². The van der Waals surface area contributed by atoms with Crippen LogP contribution in [0.2, 0.25) is 0 Å². The molecule has 1 amide bonds. The molecule has 1 aromatic heterocycles. The van der Waals surface area contributed by atoms with Gasteiger partial charge in [-0.1, -0.05) is 13.8 Å². The van der Waals surface area contributed by atoms with Crippen molar-refractivity contribution in [3.8, 4) is 0 Å². The third-order valence-corrected chi connectivity index (χ3v) is 5.54. The van der Waals surface area contributed by atoms with Gasteiger partial charge in [-0.05, 0) is 44.2 Å². The van der Waals surface area contributed by atoms with Crippen LogP contribution in [0.4, 0.5) is 22.9 Å². The number of nitrogen functional groups attached to an aromatic ring is 1. The Morgan fingerprint density at radius 2 is 1.76 bits per heavy atom. The van der Waals surface area contributed by atoms with E-state index in [0.717, 1.165) is 30.3 Å². The largest absolute Gasteiger partial charge is 0.399 e. The van der Waals surface area contributed by atoms with Crippen molar-refractivity contribution in [3.05, 3.63) is 42.6 Å². The summed E-state index contributed by atoms with van der Waals surface area (Å²) in [4.78, 5) is 25.1. The lowest BCUT2D eigenvalue weighted by Crippen LogP contribution is -2.58. The van der Waals surface area contributed by atoms with Crippen LogP contribution in [0.25, 0.3) is 0 Å². The van der Waals surface area contributed by atoms with E-state index in [4.69, 9.17) is 11.5 Å². The lowest BCUT2D eigenvalue weighted by atomic mass is 10.1. The first-order chi connectivity index (χ1) is 15.8. The van der Waals surface area contributed by atoms with Crippen LogP contribution < -0.4 is 32.1 Å². The molecule has 0 bridgehead atoms. The molecule has 10 nitrogen and oxygen atoms in total. The standard InChI is InChI=1S/C21H29N9O.C2H6/c1-13-11-28(12-14(2)29(13)15(3)31)19-10-18(8-9-24-19)30-20(23)26-21(27-30)25-17-6-4-16(22)5-7-17;1-2/h4-10,13-14,20H,11-12,22-23H2,1-3H3,(H2,25,26,27);1-2H3. The summed E-state index contributed by atoms with van der Waals surface area (Å²) in [5.41, 5.74) is 17.6. The van der Waals surface area contributed by atoms with Crippen molar-refractivity contribution in [2.45, 2.75) is 53.0 Å². The molecule has 33 heavy (non-hydrogen) atoms. The number of hydrogen-bond donors (Lipinski definition) is 4. The first-order valence-corrected chi connectivity index (χ1v) is 11.3. The molecular weight excluding hydrogens is 418 g/mol. The van der Waals surface area contributed by atoms with Gasteiger partial charge in [-0.15, -0.1) is 0 Å². The van der Waals surface area contributed by atoms with E-state index < -0.39 is 6.29 Å². The zero-order chi connectivity index (χ0) is 24.1. The van der Waals surface area contributed by atoms with Gasteiger partial charge in [-0.25, -0.2) is 15.0 Å². The summed E-state index contributed by atoms with van der Waals surface area (Å²) >= 11 is 0. The fourth-order valence-electron chi connectivity index (χ4n) is 4.24. The molecular formula is C23H35N9O. The highest BCUT2D eigenvalue weighted by atomic mass is 16.2. The average molecular weight is 454 g/mol. The maximum absolute atomic E-state index is 11.9. The molecule has 2 aliphatic heterocycles. The SMILES string of the molecule is CC.CC(=O)N1C(C)CN(c2cc(N3NC(Nc4ccc(N)cc4)=NC3N)ccn2)CC1C. The summed E-state index contributed by atoms with van der Waals surface area (Å²) in [6, 6.07) is 11.5. The smallest absolute Gasteiger partial charge is 0.220 e. The lowest BCUT2D eigenvalue weighted by molar-refractivity contribution is -0.133. The Kier molecular flexibility index (Phi) is 7.59. The second-order valence-electron chi connectivity index (χ2n) is 8.02. The summed E-state index contributed by atoms with van der Waals surface area (Å²) in [5.74, 6) is 1.49. The van der Waals surface area contributed by atoms with Crippen molar-refractivity contribution in [3.63, 3.8) is 0 Å². The second-order valence-corrected chi connectivity index (χ2v) is 8.02. The van der Waals surface area contributed by atoms with E-state index in [1.165, 1.54) is 0 Å². The van der Waals surface area contributed by atoms with Gasteiger partial charge in [-0.3, -0.25) is 16.0 Å². The molecule has 2 aliphatic rings. The van der Waals surface area contributed by atoms with Crippen molar-refractivity contribution in [1.29, 1.82) is 0 Å². The summed E-state index contributed by atoms with van der Waals surface area (Å²) in [5, 5.41) is 4.98. The number of guanidine groups is 1. The summed E-state index contributed by atoms with van der Waals surface area (Å²) in [6.45, 7) is 11.2. The van der Waals surface area contributed by atoms with Crippen LogP contribution in [0, 0.1) is 0 Å². The Bertz CT molecular complexity index is 966. The third-order valence-electron chi connectivity index (χ3n) is 5.54. The number of anilines is 4. The third kappa shape index (κ3) is 5.46. The maximum atomic E-state index is 11.9. The molecule has 4 rings (SSSR count). The molecule has 1 fully saturated rings. The van der Waals surface area contributed by atoms with Crippen LogP contribution >= 0.6 is 0 Å². The summed E-state index contributed by atoms with van der Waals surface area (Å²) < 4.78 is 0. The predicted octanol–water partition coefficient (Wildman–Crippen LogP) is 2.17. The van der Waals surface area contributed by atoms with E-state index in [1.807, 2.05) is 55.1 Å². The minimum atomic E-state index is -0.584. The van der Waals surface area contributed by atoms with Gasteiger partial charge >= 0.3 is 0 Å². The number of aliphatic imine (C=N–C) groups is 1. The number of amides is 1. The number of benzene rings is 1. The van der Waals surface area contributed by atoms with Crippen molar-refractivity contribution >= 4 is 34.7 Å². The predicted molar refractivity (Wildman–Crippen MR) is 135 cm³/mol. The molecule has 0 spiro atoms. The van der Waals surface area contributed by atoms with Gasteiger partial charge < -0.3 is 20.9 Å². The highest BCUT2D eigenvalue weighted by Gasteiger charge is 2.32. The first kappa shape index (κ1) is 24.1. The molecule has 1 aromatic carbocycles. The van der Waals surface area contributed by atoms with Gasteiger partial charge in [0.1, 0.15) is 5.82 Å². The number of piperazine rings is 1. The minimum Gasteiger partial charge on any atom is -0.399 e. The molecule has 0 aliphatic carbocycles. The fourth-order valence-corrected chi connectivity index (χ4v) is 4.24. The molecule has 0 radical (unpaired) electrons. The quantitative estimate of drug-likeness (QED) is 0.521. The summed E-state index contributed by atoms with van der Waals surface area (Å²) in [6.07, 6.45) is 1.18. The van der Waals surface area contributed by atoms with E-state index in [2.05, 4.69) is 39.5 Å². The molecule has 10 heteroatoms. The Balaban J connectivity index is 0.00000149. The van der Waals surface area contributed by atoms with Crippen molar-refractivity contribution in [2.24, 2.45) is 10.7 Å². The Morgan fingerprint density at radius 1 is 1.12 bits per heavy atom. The van der Waals surface area contributed by atoms with E-state index in [-0.39, 0.29) is 18.0 Å². The number of nitrogens with zero attached hydrogens (tertiary/aromatic N) is 5. The Morgan fingerprint density at radius 3 is 2.36 bits per heavy atom. The zero-order valence-electron chi connectivity index (χ0n) is 20.0. The fraction of sp³-hybridized carbons (Fsp3) is 0.435. The van der Waals surface area contributed by atoms with Crippen LogP contribution in [-0.4, -0.2) is 53.2 Å². The van der Waals surface area contributed by atoms with E-state index >= 15 is 0 Å². The number of hydrazine groups is 1. The second kappa shape index (κ2) is 10.4. The maximum Gasteiger partial charge on any atom is 0.220 e. The number of nitrogens with two attached hydrogens (primary N) is 2. The van der Waals surface area contributed by atoms with Crippen LogP contribution in [0.5, 0.6) is 0 Å². The van der Waals surface area contributed by atoms with Crippen molar-refractivity contribution in [1.82, 2.24) is 15.3 Å². The molecule has 178 valence electrons. The highest BCUT2D eigenvalue weighted by molar-refractivity contribution is 5.96. The van der Waals surface area contributed by atoms with Gasteiger partial charge in [0.2, 0.25) is 11.9 Å². The first-order valence-electron chi connectivity index (χ1n) is 11.3. The van der Waals surface area contributed by atoms with Gasteiger partial charge in [0.25, 0.3) is 0 Å². The number of hydrogen-bond acceptors (Lipinski definition) is 9. The van der Waals surface area contributed by atoms with E-state index in [1.54, 1.807) is 18.1 Å². The number of pyridine rings is 1. The highest BCUT2D eigenvalue weighted by Crippen LogP contribution is 2.26. The van der Waals surface area contributed by atoms with Gasteiger partial charge in [0.15, 0.2) is 6.29 Å². The normalized spacial score (nSPS) is 22.2. The summed E-state index contributed by atoms with van der Waals surface area (Å²) in [7, 11) is 0. The number of carbonyl (C=O) groups is 1. The van der Waals surface area contributed by atoms with Crippen molar-refractivity contribution < 1.29 is 4.79 Å². The van der Waals surface area contributed by atoms with Crippen LogP contribution in [0.3, 0.4) is 0 Å². The number of carbonyl (C=O) groups excluding carboxylic acids is 1. The van der Waals surface area contributed by atoms with Crippen LogP contribution in [0.15, 0.2) is 47.6 Å². The molecule has 3 unspecified atom stereocenters. The van der Waals surface area contributed by atoms with Gasteiger partial charge in [0, 0.05) is 55.7 Å². The molecule has 1 saturated heterocycles. The van der Waals surface area contributed by atoms with Gasteiger partial charge in [0.05, 0.1) is 5.69 Å². The Labute approximate surface area is 195 Å². The molecule has 2 aromatic rings. The number of rotatable bonds is 3. The van der Waals surface area contributed by atoms with Crippen LogP contribution in [-0.2, 0) is 4.79 Å². The molecule has 0 saturated carbocycles.